The summed E-state index contributed by atoms with van der Waals surface area (Å²) < 4.78 is 11.5. The molecule has 0 spiro atoms. The first-order chi connectivity index (χ1) is 5.52. The molecule has 0 saturated carbocycles. The van der Waals surface area contributed by atoms with E-state index in [1.165, 1.54) is 0 Å². The average molecular weight is 191 g/mol. The van der Waals surface area contributed by atoms with E-state index in [-0.39, 0.29) is 5.92 Å². The summed E-state index contributed by atoms with van der Waals surface area (Å²) in [4.78, 5) is 0. The van der Waals surface area contributed by atoms with Gasteiger partial charge in [0.15, 0.2) is 0 Å². The van der Waals surface area contributed by atoms with Crippen molar-refractivity contribution in [2.24, 2.45) is 5.92 Å². The number of rotatable bonds is 2. The lowest BCUT2D eigenvalue weighted by molar-refractivity contribution is 0.154. The second kappa shape index (κ2) is 3.91. The molecular formula is C8H18NO2P. The van der Waals surface area contributed by atoms with Gasteiger partial charge in [-0.2, -0.15) is 0 Å². The molecule has 0 aliphatic carbocycles. The van der Waals surface area contributed by atoms with Gasteiger partial charge in [0.1, 0.15) is 13.0 Å². The van der Waals surface area contributed by atoms with Crippen LogP contribution in [0.5, 0.6) is 0 Å². The van der Waals surface area contributed by atoms with Crippen LogP contribution in [-0.4, -0.2) is 37.4 Å². The fourth-order valence-electron chi connectivity index (χ4n) is 1.65. The first-order valence-corrected chi connectivity index (χ1v) is 7.12. The van der Waals surface area contributed by atoms with Gasteiger partial charge in [-0.15, -0.1) is 0 Å². The third-order valence-corrected chi connectivity index (χ3v) is 4.14. The van der Waals surface area contributed by atoms with Crippen molar-refractivity contribution in [1.82, 2.24) is 5.32 Å². The highest BCUT2D eigenvalue weighted by molar-refractivity contribution is 7.62. The number of hydrogen-bond acceptors (Lipinski definition) is 3. The highest BCUT2D eigenvalue weighted by Crippen LogP contribution is 2.46. The summed E-state index contributed by atoms with van der Waals surface area (Å²) in [5.41, 5.74) is 0. The van der Waals surface area contributed by atoms with E-state index in [1.807, 2.05) is 0 Å². The quantitative estimate of drug-likeness (QED) is 0.638. The van der Waals surface area contributed by atoms with E-state index >= 15 is 0 Å². The minimum Gasteiger partial charge on any atom is -0.385 e. The largest absolute Gasteiger partial charge is 0.385 e. The molecule has 1 saturated heterocycles. The second-order valence-electron chi connectivity index (χ2n) is 3.94. The molecule has 0 aromatic rings. The van der Waals surface area contributed by atoms with Crippen molar-refractivity contribution in [3.63, 3.8) is 0 Å². The first kappa shape index (κ1) is 10.2. The van der Waals surface area contributed by atoms with E-state index in [4.69, 9.17) is 0 Å². The zero-order valence-corrected chi connectivity index (χ0v) is 8.68. The molecule has 0 aromatic heterocycles. The number of aliphatic hydroxyl groups excluding tert-OH is 1. The zero-order chi connectivity index (χ0) is 9.19. The van der Waals surface area contributed by atoms with E-state index in [2.05, 4.69) is 5.32 Å². The van der Waals surface area contributed by atoms with Gasteiger partial charge in [0.2, 0.25) is 0 Å². The number of hydrogen-bond donors (Lipinski definition) is 2. The van der Waals surface area contributed by atoms with Crippen molar-refractivity contribution >= 4 is 7.14 Å². The highest BCUT2D eigenvalue weighted by atomic mass is 31.2. The van der Waals surface area contributed by atoms with E-state index in [0.717, 1.165) is 25.9 Å². The molecule has 1 rings (SSSR count). The van der Waals surface area contributed by atoms with E-state index in [1.54, 1.807) is 13.3 Å². The van der Waals surface area contributed by atoms with Crippen LogP contribution in [0.2, 0.25) is 0 Å². The van der Waals surface area contributed by atoms with E-state index < -0.39 is 13.0 Å². The minimum atomic E-state index is -2.30. The Labute approximate surface area is 73.9 Å². The summed E-state index contributed by atoms with van der Waals surface area (Å²) in [5.74, 6) is -0.341. The Morgan fingerprint density at radius 1 is 1.42 bits per heavy atom. The summed E-state index contributed by atoms with van der Waals surface area (Å²) in [5, 5.41) is 12.9. The Kier molecular flexibility index (Phi) is 3.33. The van der Waals surface area contributed by atoms with Crippen molar-refractivity contribution in [3.05, 3.63) is 0 Å². The van der Waals surface area contributed by atoms with Crippen LogP contribution in [0.3, 0.4) is 0 Å². The first-order valence-electron chi connectivity index (χ1n) is 4.45. The Bertz CT molecular complexity index is 183. The lowest BCUT2D eigenvalue weighted by Gasteiger charge is -2.29. The van der Waals surface area contributed by atoms with Crippen molar-refractivity contribution in [1.29, 1.82) is 0 Å². The predicted molar refractivity (Wildman–Crippen MR) is 51.1 cm³/mol. The lowest BCUT2D eigenvalue weighted by atomic mass is 9.99. The fraction of sp³-hybridized carbons (Fsp3) is 1.00. The molecule has 1 heterocycles. The molecule has 1 unspecified atom stereocenters. The van der Waals surface area contributed by atoms with Crippen LogP contribution in [0.15, 0.2) is 0 Å². The van der Waals surface area contributed by atoms with Gasteiger partial charge in [0.05, 0.1) is 0 Å². The van der Waals surface area contributed by atoms with Crippen LogP contribution in [0.1, 0.15) is 12.8 Å². The molecule has 0 bridgehead atoms. The van der Waals surface area contributed by atoms with Crippen LogP contribution in [-0.2, 0) is 4.57 Å². The Morgan fingerprint density at radius 3 is 2.33 bits per heavy atom. The van der Waals surface area contributed by atoms with Gasteiger partial charge in [0, 0.05) is 0 Å². The van der Waals surface area contributed by atoms with Crippen molar-refractivity contribution < 1.29 is 9.67 Å². The van der Waals surface area contributed by atoms with Crippen molar-refractivity contribution in [2.75, 3.05) is 26.4 Å². The molecule has 1 aliphatic rings. The predicted octanol–water partition coefficient (Wildman–Crippen LogP) is 0.927. The molecule has 12 heavy (non-hydrogen) atoms. The molecule has 72 valence electrons. The van der Waals surface area contributed by atoms with Crippen molar-refractivity contribution in [3.8, 4) is 0 Å². The maximum atomic E-state index is 11.5. The van der Waals surface area contributed by atoms with Gasteiger partial charge in [-0.25, -0.2) is 0 Å². The summed E-state index contributed by atoms with van der Waals surface area (Å²) in [6, 6.07) is 0. The normalized spacial score (nSPS) is 23.9. The third-order valence-electron chi connectivity index (χ3n) is 2.44. The highest BCUT2D eigenvalue weighted by Gasteiger charge is 2.30. The summed E-state index contributed by atoms with van der Waals surface area (Å²) >= 11 is 0. The van der Waals surface area contributed by atoms with Gasteiger partial charge in [-0.05, 0) is 45.2 Å². The SMILES string of the molecule is CP(C)(=O)C(O)C1CCNCC1. The lowest BCUT2D eigenvalue weighted by Crippen LogP contribution is -2.33. The zero-order valence-electron chi connectivity index (χ0n) is 7.79. The molecular weight excluding hydrogens is 173 g/mol. The second-order valence-corrected chi connectivity index (χ2v) is 7.33. The van der Waals surface area contributed by atoms with Crippen LogP contribution in [0, 0.1) is 5.92 Å². The number of aliphatic hydroxyl groups is 1. The Morgan fingerprint density at radius 2 is 1.92 bits per heavy atom. The van der Waals surface area contributed by atoms with Crippen molar-refractivity contribution in [2.45, 2.75) is 18.7 Å². The Balaban J connectivity index is 2.51. The van der Waals surface area contributed by atoms with Crippen LogP contribution in [0.4, 0.5) is 0 Å². The van der Waals surface area contributed by atoms with Crippen LogP contribution >= 0.6 is 7.14 Å². The third kappa shape index (κ3) is 2.58. The molecule has 4 heteroatoms. The van der Waals surface area contributed by atoms with E-state index in [0.29, 0.717) is 0 Å². The summed E-state index contributed by atoms with van der Waals surface area (Å²) in [7, 11) is -2.30. The molecule has 1 fully saturated rings. The molecule has 1 aliphatic heterocycles. The summed E-state index contributed by atoms with van der Waals surface area (Å²) in [6.07, 6.45) is 1.90. The maximum absolute atomic E-state index is 11.5. The molecule has 2 N–H and O–H groups in total. The molecule has 0 radical (unpaired) electrons. The molecule has 0 amide bonds. The van der Waals surface area contributed by atoms with Crippen LogP contribution < -0.4 is 5.32 Å². The van der Waals surface area contributed by atoms with Crippen LogP contribution in [0.25, 0.3) is 0 Å². The molecule has 0 aromatic carbocycles. The monoisotopic (exact) mass is 191 g/mol. The van der Waals surface area contributed by atoms with Gasteiger partial charge in [-0.3, -0.25) is 0 Å². The van der Waals surface area contributed by atoms with Gasteiger partial charge in [0.25, 0.3) is 0 Å². The summed E-state index contributed by atoms with van der Waals surface area (Å²) in [6.45, 7) is 5.23. The maximum Gasteiger partial charge on any atom is 0.109 e. The van der Waals surface area contributed by atoms with Gasteiger partial charge < -0.3 is 15.0 Å². The van der Waals surface area contributed by atoms with Gasteiger partial charge >= 0.3 is 0 Å². The smallest absolute Gasteiger partial charge is 0.109 e. The topological polar surface area (TPSA) is 49.3 Å². The fourth-order valence-corrected chi connectivity index (χ4v) is 2.96. The molecule has 1 atom stereocenters. The molecule has 3 nitrogen and oxygen atoms in total. The number of nitrogens with one attached hydrogen (secondary N) is 1. The van der Waals surface area contributed by atoms with Gasteiger partial charge in [-0.1, -0.05) is 0 Å². The minimum absolute atomic E-state index is 0.243. The number of piperidine rings is 1. The standard InChI is InChI=1S/C8H18NO2P/c1-12(2,11)8(10)7-3-5-9-6-4-7/h7-10H,3-6H2,1-2H3. The van der Waals surface area contributed by atoms with E-state index in [9.17, 15) is 9.67 Å². The average Bonchev–Trinajstić information content (AvgIpc) is 2.03. The Hall–Kier alpha value is 0.150.